The zero-order chi connectivity index (χ0) is 25.8. The second-order valence-electron chi connectivity index (χ2n) is 7.49. The van der Waals surface area contributed by atoms with E-state index in [1.54, 1.807) is 19.1 Å². The molecule has 35 heavy (non-hydrogen) atoms. The van der Waals surface area contributed by atoms with Crippen LogP contribution in [-0.2, 0) is 22.3 Å². The van der Waals surface area contributed by atoms with Crippen molar-refractivity contribution in [1.82, 2.24) is 10.6 Å². The average molecular weight is 513 g/mol. The van der Waals surface area contributed by atoms with Gasteiger partial charge in [0.2, 0.25) is 5.91 Å². The Morgan fingerprint density at radius 2 is 1.86 bits per heavy atom. The first-order valence-corrected chi connectivity index (χ1v) is 10.6. The molecule has 2 amide bonds. The van der Waals surface area contributed by atoms with Gasteiger partial charge < -0.3 is 24.9 Å². The number of fused-ring (bicyclic) bond motifs is 1. The summed E-state index contributed by atoms with van der Waals surface area (Å²) >= 11 is 5.88. The molecule has 2 aromatic carbocycles. The van der Waals surface area contributed by atoms with Gasteiger partial charge in [-0.3, -0.25) is 9.59 Å². The molecule has 0 aliphatic heterocycles. The van der Waals surface area contributed by atoms with Crippen LogP contribution in [0.15, 0.2) is 51.7 Å². The highest BCUT2D eigenvalue weighted by Gasteiger charge is 2.30. The largest absolute Gasteiger partial charge is 0.484 e. The Bertz CT molecular complexity index is 1290. The lowest BCUT2D eigenvalue weighted by Crippen LogP contribution is -2.49. The minimum atomic E-state index is -4.47. The molecule has 3 N–H and O–H groups in total. The minimum Gasteiger partial charge on any atom is -0.484 e. The van der Waals surface area contributed by atoms with E-state index in [0.717, 1.165) is 12.1 Å². The number of hydrogen-bond acceptors (Lipinski definition) is 6. The first-order chi connectivity index (χ1) is 16.5. The lowest BCUT2D eigenvalue weighted by Gasteiger charge is -2.17. The van der Waals surface area contributed by atoms with E-state index in [1.807, 2.05) is 0 Å². The lowest BCUT2D eigenvalue weighted by atomic mass is 10.1. The molecule has 1 unspecified atom stereocenters. The number of alkyl halides is 3. The number of hydrogen-bond donors (Lipinski definition) is 3. The van der Waals surface area contributed by atoms with Crippen LogP contribution in [0.2, 0.25) is 5.02 Å². The maximum atomic E-state index is 12.6. The van der Waals surface area contributed by atoms with E-state index in [4.69, 9.17) is 20.8 Å². The van der Waals surface area contributed by atoms with Gasteiger partial charge in [-0.25, -0.2) is 4.79 Å². The summed E-state index contributed by atoms with van der Waals surface area (Å²) in [7, 11) is 0. The molecular weight excluding hydrogens is 493 g/mol. The topological polar surface area (TPSA) is 118 Å². The zero-order valence-electron chi connectivity index (χ0n) is 18.2. The molecule has 0 saturated heterocycles. The summed E-state index contributed by atoms with van der Waals surface area (Å²) in [5.41, 5.74) is -0.376. The number of carbonyl (C=O) groups excluding carboxylic acids is 2. The zero-order valence-corrected chi connectivity index (χ0v) is 19.0. The van der Waals surface area contributed by atoms with E-state index < -0.39 is 48.4 Å². The van der Waals surface area contributed by atoms with Crippen molar-refractivity contribution in [3.05, 3.63) is 74.6 Å². The van der Waals surface area contributed by atoms with Crippen LogP contribution in [0.4, 0.5) is 13.2 Å². The van der Waals surface area contributed by atoms with Crippen molar-refractivity contribution in [1.29, 1.82) is 0 Å². The highest BCUT2D eigenvalue weighted by atomic mass is 35.5. The lowest BCUT2D eigenvalue weighted by molar-refractivity contribution is -0.137. The molecule has 3 aromatic rings. The number of rotatable bonds is 8. The minimum absolute atomic E-state index is 0.0304. The number of ether oxygens (including phenoxy) is 1. The Morgan fingerprint density at radius 1 is 1.17 bits per heavy atom. The molecule has 0 fully saturated rings. The van der Waals surface area contributed by atoms with E-state index in [0.29, 0.717) is 16.5 Å². The maximum absolute atomic E-state index is 12.6. The fourth-order valence-corrected chi connectivity index (χ4v) is 3.25. The highest BCUT2D eigenvalue weighted by Crippen LogP contribution is 2.29. The second-order valence-corrected chi connectivity index (χ2v) is 7.87. The van der Waals surface area contributed by atoms with Gasteiger partial charge in [-0.2, -0.15) is 13.2 Å². The molecule has 0 radical (unpaired) electrons. The quantitative estimate of drug-likeness (QED) is 0.399. The summed E-state index contributed by atoms with van der Waals surface area (Å²) in [6, 6.07) is 7.45. The SMILES string of the molecule is Cc1c(Cl)c(=O)oc2cc(OCC(=O)NC(CO)C(=O)NCc3ccc(C(F)(F)F)cc3)ccc12. The molecule has 1 atom stereocenters. The molecule has 1 aromatic heterocycles. The smallest absolute Gasteiger partial charge is 0.416 e. The van der Waals surface area contributed by atoms with Gasteiger partial charge in [-0.05, 0) is 42.3 Å². The molecule has 186 valence electrons. The molecule has 0 aliphatic carbocycles. The van der Waals surface area contributed by atoms with Crippen LogP contribution < -0.4 is 21.0 Å². The number of aliphatic hydroxyl groups is 1. The third kappa shape index (κ3) is 6.52. The van der Waals surface area contributed by atoms with Gasteiger partial charge in [0.25, 0.3) is 5.91 Å². The van der Waals surface area contributed by atoms with Crippen molar-refractivity contribution in [2.45, 2.75) is 25.7 Å². The number of aliphatic hydroxyl groups excluding tert-OH is 1. The molecule has 8 nitrogen and oxygen atoms in total. The van der Waals surface area contributed by atoms with Gasteiger partial charge in [0.05, 0.1) is 12.2 Å². The molecule has 12 heteroatoms. The molecule has 0 spiro atoms. The maximum Gasteiger partial charge on any atom is 0.416 e. The Kier molecular flexibility index (Phi) is 8.03. The molecule has 0 aliphatic rings. The van der Waals surface area contributed by atoms with Gasteiger partial charge in [0.15, 0.2) is 6.61 Å². The van der Waals surface area contributed by atoms with Crippen LogP contribution in [0.25, 0.3) is 11.0 Å². The third-order valence-electron chi connectivity index (χ3n) is 5.02. The normalized spacial score (nSPS) is 12.3. The van der Waals surface area contributed by atoms with Crippen molar-refractivity contribution in [2.24, 2.45) is 0 Å². The van der Waals surface area contributed by atoms with E-state index in [9.17, 15) is 32.7 Å². The number of aryl methyl sites for hydroxylation is 1. The number of nitrogens with one attached hydrogen (secondary N) is 2. The summed E-state index contributed by atoms with van der Waals surface area (Å²) in [6.07, 6.45) is -4.47. The Balaban J connectivity index is 1.54. The van der Waals surface area contributed by atoms with Crippen LogP contribution >= 0.6 is 11.6 Å². The van der Waals surface area contributed by atoms with Gasteiger partial charge in [-0.15, -0.1) is 0 Å². The fraction of sp³-hybridized carbons (Fsp3) is 0.261. The number of amides is 2. The van der Waals surface area contributed by atoms with E-state index >= 15 is 0 Å². The molecule has 3 rings (SSSR count). The molecule has 0 saturated carbocycles. The van der Waals surface area contributed by atoms with E-state index in [-0.39, 0.29) is 22.9 Å². The standard InChI is InChI=1S/C23H20ClF3N2O6/c1-12-16-7-6-15(8-18(16)35-22(33)20(12)24)34-11-19(31)29-17(10-30)21(32)28-9-13-2-4-14(5-3-13)23(25,26)27/h2-8,17,30H,9-11H2,1H3,(H,28,32)(H,29,31). The summed E-state index contributed by atoms with van der Waals surface area (Å²) in [6.45, 7) is 0.329. The van der Waals surface area contributed by atoms with Crippen LogP contribution in [0.1, 0.15) is 16.7 Å². The molecule has 0 bridgehead atoms. The highest BCUT2D eigenvalue weighted by molar-refractivity contribution is 6.31. The predicted octanol–water partition coefficient (Wildman–Crippen LogP) is 2.95. The van der Waals surface area contributed by atoms with Crippen LogP contribution in [0, 0.1) is 6.92 Å². The summed E-state index contributed by atoms with van der Waals surface area (Å²) < 4.78 is 48.3. The number of carbonyl (C=O) groups is 2. The van der Waals surface area contributed by atoms with Gasteiger partial charge in [-0.1, -0.05) is 23.7 Å². The van der Waals surface area contributed by atoms with Crippen molar-refractivity contribution in [3.8, 4) is 5.75 Å². The fourth-order valence-electron chi connectivity index (χ4n) is 3.11. The Morgan fingerprint density at radius 3 is 2.49 bits per heavy atom. The van der Waals surface area contributed by atoms with Gasteiger partial charge in [0, 0.05) is 18.0 Å². The van der Waals surface area contributed by atoms with Crippen LogP contribution in [0.5, 0.6) is 5.75 Å². The Labute approximate surface area is 201 Å². The van der Waals surface area contributed by atoms with Gasteiger partial charge in [0.1, 0.15) is 22.4 Å². The summed E-state index contributed by atoms with van der Waals surface area (Å²) in [5.74, 6) is -1.24. The molecular formula is C23H20ClF3N2O6. The van der Waals surface area contributed by atoms with Crippen molar-refractivity contribution in [2.75, 3.05) is 13.2 Å². The predicted molar refractivity (Wildman–Crippen MR) is 120 cm³/mol. The first kappa shape index (κ1) is 26.0. The average Bonchev–Trinajstić information content (AvgIpc) is 2.82. The summed E-state index contributed by atoms with van der Waals surface area (Å²) in [4.78, 5) is 36.2. The van der Waals surface area contributed by atoms with Crippen LogP contribution in [0.3, 0.4) is 0 Å². The Hall–Kier alpha value is -3.57. The third-order valence-corrected chi connectivity index (χ3v) is 5.46. The van der Waals surface area contributed by atoms with E-state index in [1.165, 1.54) is 18.2 Å². The second kappa shape index (κ2) is 10.8. The molecule has 1 heterocycles. The number of halogens is 4. The monoisotopic (exact) mass is 512 g/mol. The van der Waals surface area contributed by atoms with Crippen molar-refractivity contribution in [3.63, 3.8) is 0 Å². The van der Waals surface area contributed by atoms with Crippen LogP contribution in [-0.4, -0.2) is 36.2 Å². The van der Waals surface area contributed by atoms with E-state index in [2.05, 4.69) is 10.6 Å². The number of benzene rings is 2. The van der Waals surface area contributed by atoms with Crippen molar-refractivity contribution >= 4 is 34.4 Å². The summed E-state index contributed by atoms with van der Waals surface area (Å²) in [5, 5.41) is 14.7. The van der Waals surface area contributed by atoms with Crippen molar-refractivity contribution < 1.29 is 37.0 Å². The first-order valence-electron chi connectivity index (χ1n) is 10.2. The van der Waals surface area contributed by atoms with Gasteiger partial charge >= 0.3 is 11.8 Å².